The molecule has 1 fully saturated rings. The monoisotopic (exact) mass is 500 g/mol. The molecular formula is C21H22Cl2N2O8. The van der Waals surface area contributed by atoms with Gasteiger partial charge in [-0.05, 0) is 48.0 Å². The number of carbonyl (C=O) groups is 1. The summed E-state index contributed by atoms with van der Waals surface area (Å²) < 4.78 is 16.1. The number of aliphatic hydroxyl groups excluding tert-OH is 4. The third kappa shape index (κ3) is 6.78. The summed E-state index contributed by atoms with van der Waals surface area (Å²) >= 11 is 11.8. The maximum absolute atomic E-state index is 11.9. The molecule has 0 unspecified atom stereocenters. The molecule has 0 spiro atoms. The Kier molecular flexibility index (Phi) is 8.87. The summed E-state index contributed by atoms with van der Waals surface area (Å²) in [4.78, 5) is 11.9. The molecule has 1 aliphatic rings. The average Bonchev–Trinajstić information content (AvgIpc) is 2.80. The number of nitrogens with zero attached hydrogens (tertiary/aromatic N) is 1. The first-order valence-corrected chi connectivity index (χ1v) is 10.5. The van der Waals surface area contributed by atoms with Gasteiger partial charge < -0.3 is 34.6 Å². The molecule has 2 aromatic rings. The van der Waals surface area contributed by atoms with Crippen LogP contribution in [0.2, 0.25) is 10.0 Å². The minimum absolute atomic E-state index is 0.282. The van der Waals surface area contributed by atoms with Gasteiger partial charge in [0.15, 0.2) is 6.61 Å². The third-order valence-electron chi connectivity index (χ3n) is 4.64. The van der Waals surface area contributed by atoms with Crippen LogP contribution in [0, 0.1) is 0 Å². The number of hydrogen-bond donors (Lipinski definition) is 5. The predicted molar refractivity (Wildman–Crippen MR) is 119 cm³/mol. The first-order valence-electron chi connectivity index (χ1n) is 9.75. The number of hydrazone groups is 1. The van der Waals surface area contributed by atoms with Gasteiger partial charge in [0.1, 0.15) is 35.9 Å². The van der Waals surface area contributed by atoms with Crippen molar-refractivity contribution in [1.29, 1.82) is 0 Å². The van der Waals surface area contributed by atoms with Gasteiger partial charge in [0.2, 0.25) is 6.29 Å². The van der Waals surface area contributed by atoms with Crippen LogP contribution in [0.15, 0.2) is 47.6 Å². The van der Waals surface area contributed by atoms with Crippen molar-refractivity contribution >= 4 is 35.3 Å². The van der Waals surface area contributed by atoms with Gasteiger partial charge >= 0.3 is 0 Å². The number of benzene rings is 2. The zero-order valence-electron chi connectivity index (χ0n) is 17.0. The lowest BCUT2D eigenvalue weighted by Gasteiger charge is -2.39. The van der Waals surface area contributed by atoms with Crippen LogP contribution in [0.25, 0.3) is 0 Å². The Morgan fingerprint density at radius 2 is 1.82 bits per heavy atom. The smallest absolute Gasteiger partial charge is 0.277 e. The van der Waals surface area contributed by atoms with Crippen LogP contribution in [0.5, 0.6) is 11.5 Å². The summed E-state index contributed by atoms with van der Waals surface area (Å²) in [6.45, 7) is -0.853. The Hall–Kier alpha value is -2.44. The zero-order chi connectivity index (χ0) is 24.0. The van der Waals surface area contributed by atoms with E-state index in [2.05, 4.69) is 10.5 Å². The van der Waals surface area contributed by atoms with E-state index in [1.807, 2.05) is 0 Å². The van der Waals surface area contributed by atoms with Gasteiger partial charge in [0.25, 0.3) is 5.91 Å². The number of aliphatic hydroxyl groups is 4. The summed E-state index contributed by atoms with van der Waals surface area (Å²) in [5.41, 5.74) is 2.94. The molecule has 1 saturated heterocycles. The molecular weight excluding hydrogens is 479 g/mol. The van der Waals surface area contributed by atoms with E-state index in [-0.39, 0.29) is 11.6 Å². The fraction of sp³-hybridized carbons (Fsp3) is 0.333. The highest BCUT2D eigenvalue weighted by atomic mass is 35.5. The van der Waals surface area contributed by atoms with Crippen molar-refractivity contribution in [3.63, 3.8) is 0 Å². The van der Waals surface area contributed by atoms with Crippen molar-refractivity contribution in [2.45, 2.75) is 30.7 Å². The molecule has 178 valence electrons. The molecule has 0 radical (unpaired) electrons. The highest BCUT2D eigenvalue weighted by Crippen LogP contribution is 2.27. The largest absolute Gasteiger partial charge is 0.482 e. The van der Waals surface area contributed by atoms with Crippen molar-refractivity contribution in [3.05, 3.63) is 58.1 Å². The molecule has 2 aromatic carbocycles. The van der Waals surface area contributed by atoms with Gasteiger partial charge in [0.05, 0.1) is 17.8 Å². The van der Waals surface area contributed by atoms with Crippen LogP contribution in [-0.2, 0) is 9.53 Å². The first kappa shape index (κ1) is 25.2. The van der Waals surface area contributed by atoms with Gasteiger partial charge in [-0.1, -0.05) is 23.2 Å². The maximum Gasteiger partial charge on any atom is 0.277 e. The number of carbonyl (C=O) groups excluding carboxylic acids is 1. The highest BCUT2D eigenvalue weighted by Gasteiger charge is 2.44. The average molecular weight is 501 g/mol. The predicted octanol–water partition coefficient (Wildman–Crippen LogP) is 0.701. The molecule has 1 amide bonds. The summed E-state index contributed by atoms with van der Waals surface area (Å²) in [6, 6.07) is 11.0. The van der Waals surface area contributed by atoms with Crippen LogP contribution in [0.4, 0.5) is 0 Å². The molecule has 33 heavy (non-hydrogen) atoms. The number of hydrogen-bond acceptors (Lipinski definition) is 9. The fourth-order valence-corrected chi connectivity index (χ4v) is 3.34. The molecule has 3 rings (SSSR count). The van der Waals surface area contributed by atoms with E-state index in [4.69, 9.17) is 37.4 Å². The molecule has 0 aromatic heterocycles. The Bertz CT molecular complexity index is 973. The van der Waals surface area contributed by atoms with Crippen molar-refractivity contribution in [2.75, 3.05) is 13.2 Å². The van der Waals surface area contributed by atoms with Crippen LogP contribution < -0.4 is 14.9 Å². The molecule has 0 bridgehead atoms. The lowest BCUT2D eigenvalue weighted by atomic mass is 9.99. The number of rotatable bonds is 8. The van der Waals surface area contributed by atoms with Crippen LogP contribution in [0.1, 0.15) is 5.56 Å². The minimum atomic E-state index is -1.53. The van der Waals surface area contributed by atoms with Gasteiger partial charge in [0, 0.05) is 5.02 Å². The van der Waals surface area contributed by atoms with Gasteiger partial charge in [-0.25, -0.2) is 5.43 Å². The zero-order valence-corrected chi connectivity index (χ0v) is 18.6. The molecule has 12 heteroatoms. The van der Waals surface area contributed by atoms with E-state index in [1.165, 1.54) is 12.3 Å². The molecule has 0 saturated carbocycles. The van der Waals surface area contributed by atoms with E-state index < -0.39 is 43.2 Å². The van der Waals surface area contributed by atoms with Gasteiger partial charge in [-0.2, -0.15) is 5.10 Å². The second-order valence-electron chi connectivity index (χ2n) is 7.04. The number of amides is 1. The molecule has 1 aliphatic heterocycles. The lowest BCUT2D eigenvalue weighted by molar-refractivity contribution is -0.277. The van der Waals surface area contributed by atoms with Crippen LogP contribution in [0.3, 0.4) is 0 Å². The van der Waals surface area contributed by atoms with Gasteiger partial charge in [-0.3, -0.25) is 4.79 Å². The second-order valence-corrected chi connectivity index (χ2v) is 7.88. The van der Waals surface area contributed by atoms with Crippen LogP contribution >= 0.6 is 23.2 Å². The van der Waals surface area contributed by atoms with E-state index in [0.717, 1.165) is 0 Å². The number of ether oxygens (including phenoxy) is 3. The van der Waals surface area contributed by atoms with E-state index in [1.54, 1.807) is 36.4 Å². The fourth-order valence-electron chi connectivity index (χ4n) is 2.88. The Morgan fingerprint density at radius 1 is 1.09 bits per heavy atom. The van der Waals surface area contributed by atoms with Crippen molar-refractivity contribution < 1.29 is 39.4 Å². The SMILES string of the molecule is O=C(COc1ccc(Cl)cc1Cl)N/N=C\c1ccc(O[C@@H]2O[C@@H](CO)[C@H](O)[C@@H](O)[C@@H]2O)cc1. The normalized spacial score (nSPS) is 25.1. The summed E-state index contributed by atoms with van der Waals surface area (Å²) in [5.74, 6) is 0.115. The highest BCUT2D eigenvalue weighted by molar-refractivity contribution is 6.35. The van der Waals surface area contributed by atoms with E-state index in [9.17, 15) is 25.2 Å². The number of nitrogens with one attached hydrogen (secondary N) is 1. The van der Waals surface area contributed by atoms with Crippen molar-refractivity contribution in [3.8, 4) is 11.5 Å². The van der Waals surface area contributed by atoms with Crippen molar-refractivity contribution in [1.82, 2.24) is 5.43 Å². The molecule has 1 heterocycles. The molecule has 0 aliphatic carbocycles. The third-order valence-corrected chi connectivity index (χ3v) is 5.17. The summed E-state index contributed by atoms with van der Waals surface area (Å²) in [5, 5.41) is 43.4. The Labute approximate surface area is 198 Å². The number of halogens is 2. The van der Waals surface area contributed by atoms with E-state index >= 15 is 0 Å². The van der Waals surface area contributed by atoms with Gasteiger partial charge in [-0.15, -0.1) is 0 Å². The Balaban J connectivity index is 1.48. The first-order chi connectivity index (χ1) is 15.8. The topological polar surface area (TPSA) is 150 Å². The Morgan fingerprint density at radius 3 is 2.48 bits per heavy atom. The minimum Gasteiger partial charge on any atom is -0.482 e. The summed E-state index contributed by atoms with van der Waals surface area (Å²) in [7, 11) is 0. The molecule has 5 N–H and O–H groups in total. The van der Waals surface area contributed by atoms with Crippen molar-refractivity contribution in [2.24, 2.45) is 5.10 Å². The quantitative estimate of drug-likeness (QED) is 0.262. The summed E-state index contributed by atoms with van der Waals surface area (Å²) in [6.07, 6.45) is -5.46. The standard InChI is InChI=1S/C21H22Cl2N2O8/c22-12-3-6-15(14(23)7-12)31-10-17(27)25-24-8-11-1-4-13(5-2-11)32-21-20(30)19(29)18(28)16(9-26)33-21/h1-8,16,18-21,26,28-30H,9-10H2,(H,25,27)/b24-8-/t16-,18-,19+,20-,21+/m0/s1. The molecule has 5 atom stereocenters. The molecule has 10 nitrogen and oxygen atoms in total. The van der Waals surface area contributed by atoms with Crippen LogP contribution in [-0.4, -0.2) is 76.5 Å². The lowest BCUT2D eigenvalue weighted by Crippen LogP contribution is -2.60. The van der Waals surface area contributed by atoms with E-state index in [0.29, 0.717) is 22.1 Å². The second kappa shape index (κ2) is 11.6. The maximum atomic E-state index is 11.9.